The molecule has 0 aliphatic heterocycles. The number of anilines is 2. The molecule has 1 aromatic carbocycles. The number of benzene rings is 1. The van der Waals surface area contributed by atoms with E-state index in [0.717, 1.165) is 17.3 Å². The minimum atomic E-state index is 0.814. The molecule has 0 aliphatic carbocycles. The molecule has 2 rings (SSSR count). The minimum Gasteiger partial charge on any atom is -0.380 e. The zero-order valence-electron chi connectivity index (χ0n) is 9.90. The maximum Gasteiger partial charge on any atom is 0.0516 e. The second kappa shape index (κ2) is 5.43. The summed E-state index contributed by atoms with van der Waals surface area (Å²) in [4.78, 5) is 3.33. The number of hydrogen-bond donors (Lipinski definition) is 1. The number of thiophene rings is 1. The molecule has 1 heterocycles. The Kier molecular flexibility index (Phi) is 3.92. The van der Waals surface area contributed by atoms with Gasteiger partial charge >= 0.3 is 0 Å². The maximum absolute atomic E-state index is 5.88. The van der Waals surface area contributed by atoms with Gasteiger partial charge in [0.05, 0.1) is 5.02 Å². The molecule has 0 saturated carbocycles. The quantitative estimate of drug-likeness (QED) is 0.897. The van der Waals surface area contributed by atoms with Crippen LogP contribution in [0, 0.1) is 0 Å². The Labute approximate surface area is 111 Å². The van der Waals surface area contributed by atoms with Crippen molar-refractivity contribution in [1.82, 2.24) is 0 Å². The van der Waals surface area contributed by atoms with Gasteiger partial charge in [-0.25, -0.2) is 0 Å². The number of nitrogens with one attached hydrogen (secondary N) is 1. The molecule has 0 amide bonds. The predicted molar refractivity (Wildman–Crippen MR) is 77.4 cm³/mol. The van der Waals surface area contributed by atoms with E-state index in [2.05, 4.69) is 34.5 Å². The number of rotatable bonds is 4. The molecule has 0 unspecified atom stereocenters. The third kappa shape index (κ3) is 3.38. The molecule has 0 radical (unpaired) electrons. The minimum absolute atomic E-state index is 0.814. The van der Waals surface area contributed by atoms with Crippen molar-refractivity contribution in [3.63, 3.8) is 0 Å². The van der Waals surface area contributed by atoms with E-state index in [1.165, 1.54) is 10.6 Å². The van der Waals surface area contributed by atoms with Crippen molar-refractivity contribution < 1.29 is 0 Å². The lowest BCUT2D eigenvalue weighted by atomic mass is 10.2. The lowest BCUT2D eigenvalue weighted by molar-refractivity contribution is 1.12. The highest BCUT2D eigenvalue weighted by molar-refractivity contribution is 7.10. The van der Waals surface area contributed by atoms with Gasteiger partial charge in [0, 0.05) is 42.3 Å². The van der Waals surface area contributed by atoms with Gasteiger partial charge in [-0.1, -0.05) is 17.7 Å². The number of halogens is 1. The van der Waals surface area contributed by atoms with Crippen molar-refractivity contribution in [3.05, 3.63) is 45.6 Å². The van der Waals surface area contributed by atoms with Gasteiger partial charge < -0.3 is 10.2 Å². The van der Waals surface area contributed by atoms with E-state index in [4.69, 9.17) is 11.6 Å². The van der Waals surface area contributed by atoms with Gasteiger partial charge in [0.1, 0.15) is 0 Å². The Morgan fingerprint density at radius 2 is 2.12 bits per heavy atom. The van der Waals surface area contributed by atoms with Gasteiger partial charge in [0.2, 0.25) is 0 Å². The fourth-order valence-corrected chi connectivity index (χ4v) is 2.54. The van der Waals surface area contributed by atoms with Crippen LogP contribution in [0.25, 0.3) is 0 Å². The first-order valence-corrected chi connectivity index (χ1v) is 6.65. The molecule has 0 fully saturated rings. The molecule has 0 saturated heterocycles. The van der Waals surface area contributed by atoms with Gasteiger partial charge in [-0.05, 0) is 24.3 Å². The molecule has 4 heteroatoms. The zero-order valence-corrected chi connectivity index (χ0v) is 11.5. The highest BCUT2D eigenvalue weighted by atomic mass is 35.5. The van der Waals surface area contributed by atoms with Crippen LogP contribution in [-0.4, -0.2) is 14.1 Å². The molecule has 0 bridgehead atoms. The van der Waals surface area contributed by atoms with Crippen LogP contribution in [-0.2, 0) is 6.54 Å². The van der Waals surface area contributed by atoms with Crippen molar-refractivity contribution in [2.75, 3.05) is 24.3 Å². The Bertz CT molecular complexity index is 494. The van der Waals surface area contributed by atoms with Crippen LogP contribution < -0.4 is 10.2 Å². The summed E-state index contributed by atoms with van der Waals surface area (Å²) in [6, 6.07) is 10.3. The number of nitrogens with zero attached hydrogens (tertiary/aromatic N) is 1. The summed E-state index contributed by atoms with van der Waals surface area (Å²) in [6.45, 7) is 0.814. The van der Waals surface area contributed by atoms with Crippen LogP contribution in [0.2, 0.25) is 5.02 Å². The van der Waals surface area contributed by atoms with Crippen molar-refractivity contribution in [2.24, 2.45) is 0 Å². The van der Waals surface area contributed by atoms with E-state index < -0.39 is 0 Å². The standard InChI is InChI=1S/C13H15ClN2S/c1-16(2)12-5-3-4-11(7-12)15-8-13-6-10(14)9-17-13/h3-7,9,15H,8H2,1-2H3. The first kappa shape index (κ1) is 12.3. The maximum atomic E-state index is 5.88. The molecule has 1 N–H and O–H groups in total. The van der Waals surface area contributed by atoms with Gasteiger partial charge in [-0.15, -0.1) is 11.3 Å². The average Bonchev–Trinajstić information content (AvgIpc) is 2.73. The summed E-state index contributed by atoms with van der Waals surface area (Å²) in [5.41, 5.74) is 2.32. The Hall–Kier alpha value is -1.19. The van der Waals surface area contributed by atoms with E-state index in [-0.39, 0.29) is 0 Å². The SMILES string of the molecule is CN(C)c1cccc(NCc2cc(Cl)cs2)c1. The highest BCUT2D eigenvalue weighted by Gasteiger charge is 2.00. The monoisotopic (exact) mass is 266 g/mol. The van der Waals surface area contributed by atoms with Crippen molar-refractivity contribution in [1.29, 1.82) is 0 Å². The summed E-state index contributed by atoms with van der Waals surface area (Å²) in [5.74, 6) is 0. The van der Waals surface area contributed by atoms with Gasteiger partial charge in [0.25, 0.3) is 0 Å². The average molecular weight is 267 g/mol. The molecule has 17 heavy (non-hydrogen) atoms. The van der Waals surface area contributed by atoms with Crippen LogP contribution >= 0.6 is 22.9 Å². The third-order valence-electron chi connectivity index (χ3n) is 2.45. The molecule has 2 nitrogen and oxygen atoms in total. The fourth-order valence-electron chi connectivity index (χ4n) is 1.53. The summed E-state index contributed by atoms with van der Waals surface area (Å²) in [6.07, 6.45) is 0. The molecule has 1 aromatic heterocycles. The summed E-state index contributed by atoms with van der Waals surface area (Å²) < 4.78 is 0. The van der Waals surface area contributed by atoms with Crippen LogP contribution in [0.1, 0.15) is 4.88 Å². The van der Waals surface area contributed by atoms with Crippen LogP contribution in [0.4, 0.5) is 11.4 Å². The van der Waals surface area contributed by atoms with Gasteiger partial charge in [-0.3, -0.25) is 0 Å². The summed E-state index contributed by atoms with van der Waals surface area (Å²) >= 11 is 7.56. The Morgan fingerprint density at radius 1 is 1.29 bits per heavy atom. The lowest BCUT2D eigenvalue weighted by Gasteiger charge is -2.14. The third-order valence-corrected chi connectivity index (χ3v) is 3.74. The molecule has 2 aromatic rings. The second-order valence-corrected chi connectivity index (χ2v) is 5.46. The van der Waals surface area contributed by atoms with E-state index in [1.54, 1.807) is 11.3 Å². The Morgan fingerprint density at radius 3 is 2.76 bits per heavy atom. The molecule has 0 spiro atoms. The molecule has 0 atom stereocenters. The first-order chi connectivity index (χ1) is 8.15. The van der Waals surface area contributed by atoms with E-state index in [0.29, 0.717) is 0 Å². The van der Waals surface area contributed by atoms with E-state index in [1.807, 2.05) is 25.5 Å². The van der Waals surface area contributed by atoms with Gasteiger partial charge in [-0.2, -0.15) is 0 Å². The summed E-state index contributed by atoms with van der Waals surface area (Å²) in [5, 5.41) is 6.16. The van der Waals surface area contributed by atoms with E-state index in [9.17, 15) is 0 Å². The zero-order chi connectivity index (χ0) is 12.3. The van der Waals surface area contributed by atoms with Crippen LogP contribution in [0.15, 0.2) is 35.7 Å². The molecular formula is C13H15ClN2S. The second-order valence-electron chi connectivity index (χ2n) is 4.03. The van der Waals surface area contributed by atoms with Gasteiger partial charge in [0.15, 0.2) is 0 Å². The Balaban J connectivity index is 2.01. The van der Waals surface area contributed by atoms with Crippen molar-refractivity contribution in [2.45, 2.75) is 6.54 Å². The predicted octanol–water partition coefficient (Wildman–Crippen LogP) is 4.08. The summed E-state index contributed by atoms with van der Waals surface area (Å²) in [7, 11) is 4.08. The topological polar surface area (TPSA) is 15.3 Å². The smallest absolute Gasteiger partial charge is 0.0516 e. The molecular weight excluding hydrogens is 252 g/mol. The largest absolute Gasteiger partial charge is 0.380 e. The number of hydrogen-bond acceptors (Lipinski definition) is 3. The van der Waals surface area contributed by atoms with Crippen molar-refractivity contribution >= 4 is 34.3 Å². The highest BCUT2D eigenvalue weighted by Crippen LogP contribution is 2.22. The van der Waals surface area contributed by atoms with Crippen LogP contribution in [0.5, 0.6) is 0 Å². The van der Waals surface area contributed by atoms with E-state index >= 15 is 0 Å². The van der Waals surface area contributed by atoms with Crippen LogP contribution in [0.3, 0.4) is 0 Å². The molecule has 0 aliphatic rings. The molecule has 90 valence electrons. The lowest BCUT2D eigenvalue weighted by Crippen LogP contribution is -2.08. The fraction of sp³-hybridized carbons (Fsp3) is 0.231. The van der Waals surface area contributed by atoms with Crippen molar-refractivity contribution in [3.8, 4) is 0 Å². The first-order valence-electron chi connectivity index (χ1n) is 5.39. The normalized spacial score (nSPS) is 10.3.